The number of likely N-dealkylation sites (tertiary alicyclic amines) is 1. The van der Waals surface area contributed by atoms with E-state index in [9.17, 15) is 14.0 Å². The average Bonchev–Trinajstić information content (AvgIpc) is 3.17. The molecule has 1 saturated heterocycles. The molecular weight excluding hydrogens is 463 g/mol. The van der Waals surface area contributed by atoms with Crippen molar-refractivity contribution in [3.63, 3.8) is 0 Å². The van der Waals surface area contributed by atoms with Crippen LogP contribution < -0.4 is 4.74 Å². The van der Waals surface area contributed by atoms with Crippen LogP contribution in [0.4, 0.5) is 4.39 Å². The number of carbonyl (C=O) groups excluding carboxylic acids is 2. The minimum atomic E-state index is -0.596. The number of rotatable bonds is 2. The van der Waals surface area contributed by atoms with Gasteiger partial charge in [0.15, 0.2) is 5.78 Å². The Morgan fingerprint density at radius 3 is 2.58 bits per heavy atom. The van der Waals surface area contributed by atoms with Crippen LogP contribution in [-0.4, -0.2) is 40.3 Å². The number of Topliss-reactive ketones (excluding diaryl/α,β-unsaturated/α-hetero) is 1. The molecule has 5 rings (SSSR count). The maximum Gasteiger partial charge on any atom is 0.265 e. The van der Waals surface area contributed by atoms with Gasteiger partial charge in [-0.3, -0.25) is 9.59 Å². The normalized spacial score (nSPS) is 17.1. The Balaban J connectivity index is 1.32. The number of hydrogen-bond donors (Lipinski definition) is 0. The number of aryl methyl sites for hydroxylation is 2. The van der Waals surface area contributed by atoms with Gasteiger partial charge < -0.3 is 9.64 Å². The van der Waals surface area contributed by atoms with Gasteiger partial charge in [0.05, 0.1) is 17.7 Å². The summed E-state index contributed by atoms with van der Waals surface area (Å²) in [5.41, 5.74) is 2.23. The van der Waals surface area contributed by atoms with Gasteiger partial charge in [0.1, 0.15) is 27.1 Å². The molecule has 1 amide bonds. The van der Waals surface area contributed by atoms with E-state index in [4.69, 9.17) is 16.3 Å². The van der Waals surface area contributed by atoms with E-state index < -0.39 is 5.60 Å². The summed E-state index contributed by atoms with van der Waals surface area (Å²) < 4.78 is 19.6. The highest BCUT2D eigenvalue weighted by Gasteiger charge is 2.44. The number of aromatic nitrogens is 1. The molecule has 1 aromatic heterocycles. The quantitative estimate of drug-likeness (QED) is 0.457. The highest BCUT2D eigenvalue weighted by atomic mass is 35.5. The van der Waals surface area contributed by atoms with E-state index in [0.717, 1.165) is 11.1 Å². The maximum atomic E-state index is 13.3. The molecule has 3 aromatic rings. The average molecular weight is 485 g/mol. The van der Waals surface area contributed by atoms with Gasteiger partial charge in [-0.25, -0.2) is 9.37 Å². The van der Waals surface area contributed by atoms with Crippen molar-refractivity contribution in [3.8, 4) is 16.3 Å². The van der Waals surface area contributed by atoms with Gasteiger partial charge in [-0.15, -0.1) is 11.3 Å². The molecule has 1 spiro atoms. The number of benzene rings is 2. The molecule has 2 aliphatic rings. The maximum absolute atomic E-state index is 13.3. The topological polar surface area (TPSA) is 59.5 Å². The molecular formula is C25H22ClFN2O3S. The van der Waals surface area contributed by atoms with E-state index in [1.54, 1.807) is 29.2 Å². The SMILES string of the molecule is Cc1cc(Cl)cc2c1OC1(CCN(C(=O)c3sc(-c4ccc(F)cc4)nc3C)CC1)CC2=O. The van der Waals surface area contributed by atoms with Gasteiger partial charge in [0, 0.05) is 36.5 Å². The number of piperidine rings is 1. The van der Waals surface area contributed by atoms with Crippen LogP contribution in [0.5, 0.6) is 5.75 Å². The molecule has 8 heteroatoms. The summed E-state index contributed by atoms with van der Waals surface area (Å²) in [5.74, 6) is 0.259. The lowest BCUT2D eigenvalue weighted by molar-refractivity contribution is -0.00606. The fourth-order valence-corrected chi connectivity index (χ4v) is 5.88. The predicted molar refractivity (Wildman–Crippen MR) is 126 cm³/mol. The van der Waals surface area contributed by atoms with Gasteiger partial charge in [0.25, 0.3) is 5.91 Å². The summed E-state index contributed by atoms with van der Waals surface area (Å²) in [7, 11) is 0. The Hall–Kier alpha value is -2.77. The largest absolute Gasteiger partial charge is 0.486 e. The Morgan fingerprint density at radius 2 is 1.88 bits per heavy atom. The van der Waals surface area contributed by atoms with Crippen molar-refractivity contribution < 1.29 is 18.7 Å². The Kier molecular flexibility index (Phi) is 5.49. The molecule has 3 heterocycles. The summed E-state index contributed by atoms with van der Waals surface area (Å²) in [6, 6.07) is 9.57. The number of ketones is 1. The van der Waals surface area contributed by atoms with Crippen molar-refractivity contribution in [2.75, 3.05) is 13.1 Å². The fraction of sp³-hybridized carbons (Fsp3) is 0.320. The van der Waals surface area contributed by atoms with Crippen molar-refractivity contribution >= 4 is 34.6 Å². The lowest BCUT2D eigenvalue weighted by atomic mass is 9.82. The number of halogens is 2. The van der Waals surface area contributed by atoms with Crippen molar-refractivity contribution in [1.29, 1.82) is 0 Å². The first-order valence-electron chi connectivity index (χ1n) is 10.8. The zero-order valence-electron chi connectivity index (χ0n) is 18.3. The Bertz CT molecular complexity index is 1260. The minimum absolute atomic E-state index is 0.0314. The summed E-state index contributed by atoms with van der Waals surface area (Å²) in [6.07, 6.45) is 1.44. The van der Waals surface area contributed by atoms with Crippen molar-refractivity contribution in [2.45, 2.75) is 38.7 Å². The molecule has 0 unspecified atom stereocenters. The first kappa shape index (κ1) is 22.0. The van der Waals surface area contributed by atoms with Gasteiger partial charge >= 0.3 is 0 Å². The third-order valence-corrected chi connectivity index (χ3v) is 7.80. The van der Waals surface area contributed by atoms with E-state index >= 15 is 0 Å². The summed E-state index contributed by atoms with van der Waals surface area (Å²) in [5, 5.41) is 1.22. The number of fused-ring (bicyclic) bond motifs is 1. The van der Waals surface area contributed by atoms with E-state index in [2.05, 4.69) is 4.98 Å². The molecule has 0 atom stereocenters. The minimum Gasteiger partial charge on any atom is -0.486 e. The van der Waals surface area contributed by atoms with Crippen molar-refractivity contribution in [3.05, 3.63) is 68.9 Å². The zero-order chi connectivity index (χ0) is 23.3. The van der Waals surface area contributed by atoms with Crippen LogP contribution in [0.1, 0.15) is 50.5 Å². The third kappa shape index (κ3) is 4.04. The van der Waals surface area contributed by atoms with Crippen LogP contribution in [0.2, 0.25) is 5.02 Å². The fourth-order valence-electron chi connectivity index (χ4n) is 4.56. The second kappa shape index (κ2) is 8.22. The standard InChI is InChI=1S/C25H22ClFN2O3S/c1-14-11-17(26)12-19-20(30)13-25(32-21(14)19)7-9-29(10-8-25)24(31)22-15(2)28-23(33-22)16-3-5-18(27)6-4-16/h3-6,11-12H,7-10,13H2,1-2H3. The van der Waals surface area contributed by atoms with Crippen LogP contribution >= 0.6 is 22.9 Å². The van der Waals surface area contributed by atoms with Crippen LogP contribution in [-0.2, 0) is 0 Å². The molecule has 33 heavy (non-hydrogen) atoms. The van der Waals surface area contributed by atoms with Crippen molar-refractivity contribution in [1.82, 2.24) is 9.88 Å². The molecule has 2 aliphatic heterocycles. The zero-order valence-corrected chi connectivity index (χ0v) is 19.9. The molecule has 2 aromatic carbocycles. The third-order valence-electron chi connectivity index (χ3n) is 6.38. The second-order valence-corrected chi connectivity index (χ2v) is 10.2. The van der Waals surface area contributed by atoms with Gasteiger partial charge in [-0.05, 0) is 55.8 Å². The van der Waals surface area contributed by atoms with Crippen LogP contribution in [0.15, 0.2) is 36.4 Å². The molecule has 5 nitrogen and oxygen atoms in total. The second-order valence-electron chi connectivity index (χ2n) is 8.72. The molecule has 0 radical (unpaired) electrons. The van der Waals surface area contributed by atoms with Crippen LogP contribution in [0.3, 0.4) is 0 Å². The van der Waals surface area contributed by atoms with Crippen LogP contribution in [0, 0.1) is 19.7 Å². The number of ether oxygens (including phenoxy) is 1. The highest BCUT2D eigenvalue weighted by Crippen LogP contribution is 2.42. The summed E-state index contributed by atoms with van der Waals surface area (Å²) in [6.45, 7) is 4.70. The summed E-state index contributed by atoms with van der Waals surface area (Å²) >= 11 is 7.44. The lowest BCUT2D eigenvalue weighted by Crippen LogP contribution is -2.52. The first-order chi connectivity index (χ1) is 15.7. The predicted octanol–water partition coefficient (Wildman–Crippen LogP) is 5.86. The Morgan fingerprint density at radius 1 is 1.18 bits per heavy atom. The number of nitrogens with zero attached hydrogens (tertiary/aromatic N) is 2. The molecule has 1 fully saturated rings. The first-order valence-corrected chi connectivity index (χ1v) is 12.0. The molecule has 0 N–H and O–H groups in total. The van der Waals surface area contributed by atoms with Crippen molar-refractivity contribution in [2.24, 2.45) is 0 Å². The van der Waals surface area contributed by atoms with Gasteiger partial charge in [0.2, 0.25) is 0 Å². The number of thiazole rings is 1. The number of amides is 1. The smallest absolute Gasteiger partial charge is 0.265 e. The number of hydrogen-bond acceptors (Lipinski definition) is 5. The highest BCUT2D eigenvalue weighted by molar-refractivity contribution is 7.17. The van der Waals surface area contributed by atoms with E-state index in [1.165, 1.54) is 23.5 Å². The van der Waals surface area contributed by atoms with E-state index in [-0.39, 0.29) is 23.9 Å². The van der Waals surface area contributed by atoms with E-state index in [1.807, 2.05) is 13.8 Å². The molecule has 0 saturated carbocycles. The summed E-state index contributed by atoms with van der Waals surface area (Å²) in [4.78, 5) is 33.0. The lowest BCUT2D eigenvalue weighted by Gasteiger charge is -2.44. The van der Waals surface area contributed by atoms with E-state index in [0.29, 0.717) is 57.8 Å². The molecule has 0 aliphatic carbocycles. The van der Waals surface area contributed by atoms with Gasteiger partial charge in [-0.2, -0.15) is 0 Å². The number of carbonyl (C=O) groups is 2. The van der Waals surface area contributed by atoms with Crippen LogP contribution in [0.25, 0.3) is 10.6 Å². The molecule has 0 bridgehead atoms. The Labute approximate surface area is 200 Å². The monoisotopic (exact) mass is 484 g/mol. The molecule has 170 valence electrons. The van der Waals surface area contributed by atoms with Gasteiger partial charge in [-0.1, -0.05) is 11.6 Å².